The van der Waals surface area contributed by atoms with Crippen molar-refractivity contribution in [2.24, 2.45) is 0 Å². The minimum atomic E-state index is -0.410. The predicted molar refractivity (Wildman–Crippen MR) is 71.9 cm³/mol. The molecule has 0 aromatic heterocycles. The largest absolute Gasteiger partial charge is 0.389 e. The van der Waals surface area contributed by atoms with Gasteiger partial charge in [-0.3, -0.25) is 0 Å². The second kappa shape index (κ2) is 13.5. The third kappa shape index (κ3) is 13.4. The molecule has 0 bridgehead atoms. The molecule has 1 unspecified atom stereocenters. The number of nitrogens with one attached hydrogen (secondary N) is 1. The SMILES string of the molecule is C#CCCCNCC(O)COCCCCCC. The second-order valence-corrected chi connectivity index (χ2v) is 4.30. The molecule has 0 aliphatic carbocycles. The van der Waals surface area contributed by atoms with Crippen LogP contribution in [-0.2, 0) is 4.74 Å². The van der Waals surface area contributed by atoms with Crippen LogP contribution in [0.1, 0.15) is 45.4 Å². The summed E-state index contributed by atoms with van der Waals surface area (Å²) in [5, 5.41) is 12.7. The predicted octanol–water partition coefficient (Wildman–Crippen LogP) is 1.95. The summed E-state index contributed by atoms with van der Waals surface area (Å²) in [5.74, 6) is 2.59. The topological polar surface area (TPSA) is 41.5 Å². The molecule has 0 spiro atoms. The summed E-state index contributed by atoms with van der Waals surface area (Å²) in [6.07, 6.45) is 11.3. The van der Waals surface area contributed by atoms with Crippen LogP contribution in [0.4, 0.5) is 0 Å². The van der Waals surface area contributed by atoms with Gasteiger partial charge in [0.15, 0.2) is 0 Å². The molecule has 0 heterocycles. The van der Waals surface area contributed by atoms with Crippen LogP contribution in [0.5, 0.6) is 0 Å². The van der Waals surface area contributed by atoms with E-state index >= 15 is 0 Å². The van der Waals surface area contributed by atoms with Crippen LogP contribution in [0.15, 0.2) is 0 Å². The van der Waals surface area contributed by atoms with Crippen molar-refractivity contribution >= 4 is 0 Å². The number of rotatable bonds is 12. The Morgan fingerprint density at radius 1 is 1.29 bits per heavy atom. The van der Waals surface area contributed by atoms with E-state index < -0.39 is 6.10 Å². The maximum atomic E-state index is 9.58. The summed E-state index contributed by atoms with van der Waals surface area (Å²) < 4.78 is 5.40. The van der Waals surface area contributed by atoms with Gasteiger partial charge in [0, 0.05) is 19.6 Å². The van der Waals surface area contributed by atoms with Gasteiger partial charge >= 0.3 is 0 Å². The summed E-state index contributed by atoms with van der Waals surface area (Å²) in [6.45, 7) is 4.82. The van der Waals surface area contributed by atoms with E-state index in [4.69, 9.17) is 11.2 Å². The number of ether oxygens (including phenoxy) is 1. The number of terminal acetylenes is 1. The van der Waals surface area contributed by atoms with Crippen LogP contribution in [0.3, 0.4) is 0 Å². The lowest BCUT2D eigenvalue weighted by atomic mass is 10.2. The molecule has 0 aliphatic heterocycles. The highest BCUT2D eigenvalue weighted by molar-refractivity contribution is 4.83. The molecule has 0 saturated heterocycles. The molecule has 0 amide bonds. The molecule has 2 N–H and O–H groups in total. The van der Waals surface area contributed by atoms with Gasteiger partial charge in [0.25, 0.3) is 0 Å². The summed E-state index contributed by atoms with van der Waals surface area (Å²) in [7, 11) is 0. The Hall–Kier alpha value is -0.560. The molecule has 3 nitrogen and oxygen atoms in total. The van der Waals surface area contributed by atoms with E-state index in [0.717, 1.165) is 32.4 Å². The third-order valence-corrected chi connectivity index (χ3v) is 2.51. The maximum Gasteiger partial charge on any atom is 0.0897 e. The number of aliphatic hydroxyl groups excluding tert-OH is 1. The van der Waals surface area contributed by atoms with Gasteiger partial charge in [0.1, 0.15) is 0 Å². The minimum absolute atomic E-state index is 0.410. The highest BCUT2D eigenvalue weighted by Crippen LogP contribution is 1.99. The first-order valence-corrected chi connectivity index (χ1v) is 6.71. The first-order valence-electron chi connectivity index (χ1n) is 6.71. The molecule has 100 valence electrons. The Morgan fingerprint density at radius 2 is 2.12 bits per heavy atom. The lowest BCUT2D eigenvalue weighted by Gasteiger charge is -2.12. The molecule has 0 rings (SSSR count). The summed E-state index contributed by atoms with van der Waals surface area (Å²) in [4.78, 5) is 0. The smallest absolute Gasteiger partial charge is 0.0897 e. The van der Waals surface area contributed by atoms with E-state index in [-0.39, 0.29) is 0 Å². The zero-order valence-corrected chi connectivity index (χ0v) is 11.1. The fraction of sp³-hybridized carbons (Fsp3) is 0.857. The molecule has 17 heavy (non-hydrogen) atoms. The van der Waals surface area contributed by atoms with Crippen LogP contribution >= 0.6 is 0 Å². The highest BCUT2D eigenvalue weighted by Gasteiger charge is 2.02. The van der Waals surface area contributed by atoms with Crippen molar-refractivity contribution in [2.45, 2.75) is 51.6 Å². The number of unbranched alkanes of at least 4 members (excludes halogenated alkanes) is 4. The van der Waals surface area contributed by atoms with Crippen molar-refractivity contribution in [1.29, 1.82) is 0 Å². The highest BCUT2D eigenvalue weighted by atomic mass is 16.5. The van der Waals surface area contributed by atoms with Crippen LogP contribution in [0.2, 0.25) is 0 Å². The third-order valence-electron chi connectivity index (χ3n) is 2.51. The van der Waals surface area contributed by atoms with Gasteiger partial charge in [-0.15, -0.1) is 12.3 Å². The molecule has 0 saturated carbocycles. The lowest BCUT2D eigenvalue weighted by molar-refractivity contribution is 0.0355. The number of hydrogen-bond donors (Lipinski definition) is 2. The van der Waals surface area contributed by atoms with E-state index in [0.29, 0.717) is 13.2 Å². The Morgan fingerprint density at radius 3 is 2.82 bits per heavy atom. The quantitative estimate of drug-likeness (QED) is 0.405. The Balaban J connectivity index is 3.12. The summed E-state index contributed by atoms with van der Waals surface area (Å²) >= 11 is 0. The number of hydrogen-bond acceptors (Lipinski definition) is 3. The zero-order chi connectivity index (χ0) is 12.8. The van der Waals surface area contributed by atoms with Gasteiger partial charge < -0.3 is 15.2 Å². The van der Waals surface area contributed by atoms with E-state index in [1.165, 1.54) is 19.3 Å². The molecule has 0 aliphatic rings. The van der Waals surface area contributed by atoms with Crippen molar-refractivity contribution in [2.75, 3.05) is 26.3 Å². The normalized spacial score (nSPS) is 12.3. The first kappa shape index (κ1) is 16.4. The Bertz CT molecular complexity index is 189. The van der Waals surface area contributed by atoms with Gasteiger partial charge in [-0.2, -0.15) is 0 Å². The van der Waals surface area contributed by atoms with Crippen molar-refractivity contribution < 1.29 is 9.84 Å². The molecule has 1 atom stereocenters. The zero-order valence-electron chi connectivity index (χ0n) is 11.1. The van der Waals surface area contributed by atoms with Gasteiger partial charge in [-0.05, 0) is 19.4 Å². The minimum Gasteiger partial charge on any atom is -0.389 e. The molecule has 0 aromatic rings. The number of aliphatic hydroxyl groups is 1. The van der Waals surface area contributed by atoms with Crippen molar-refractivity contribution in [1.82, 2.24) is 5.32 Å². The van der Waals surface area contributed by atoms with Crippen LogP contribution in [-0.4, -0.2) is 37.5 Å². The first-order chi connectivity index (χ1) is 8.31. The summed E-state index contributed by atoms with van der Waals surface area (Å²) in [6, 6.07) is 0. The van der Waals surface area contributed by atoms with Crippen LogP contribution in [0, 0.1) is 12.3 Å². The standard InChI is InChI=1S/C14H27NO2/c1-3-5-7-9-11-17-13-14(16)12-15-10-8-6-4-2/h2,14-16H,3,5-13H2,1H3. The molecular weight excluding hydrogens is 214 g/mol. The molecule has 0 aromatic carbocycles. The molecule has 0 fully saturated rings. The summed E-state index contributed by atoms with van der Waals surface area (Å²) in [5.41, 5.74) is 0. The van der Waals surface area contributed by atoms with Gasteiger partial charge in [-0.25, -0.2) is 0 Å². The molecule has 3 heteroatoms. The van der Waals surface area contributed by atoms with E-state index in [9.17, 15) is 5.11 Å². The van der Waals surface area contributed by atoms with E-state index in [1.54, 1.807) is 0 Å². The van der Waals surface area contributed by atoms with Crippen molar-refractivity contribution in [3.8, 4) is 12.3 Å². The Labute approximate surface area is 106 Å². The van der Waals surface area contributed by atoms with Gasteiger partial charge in [-0.1, -0.05) is 26.2 Å². The average Bonchev–Trinajstić information content (AvgIpc) is 2.33. The molecular formula is C14H27NO2. The van der Waals surface area contributed by atoms with E-state index in [2.05, 4.69) is 18.2 Å². The second-order valence-electron chi connectivity index (χ2n) is 4.30. The lowest BCUT2D eigenvalue weighted by Crippen LogP contribution is -2.31. The Kier molecular flexibility index (Phi) is 13.1. The fourth-order valence-electron chi connectivity index (χ4n) is 1.49. The van der Waals surface area contributed by atoms with Crippen LogP contribution in [0.25, 0.3) is 0 Å². The molecule has 0 radical (unpaired) electrons. The average molecular weight is 241 g/mol. The maximum absolute atomic E-state index is 9.58. The monoisotopic (exact) mass is 241 g/mol. The van der Waals surface area contributed by atoms with Crippen LogP contribution < -0.4 is 5.32 Å². The van der Waals surface area contributed by atoms with Gasteiger partial charge in [0.05, 0.1) is 12.7 Å². The van der Waals surface area contributed by atoms with Crippen molar-refractivity contribution in [3.63, 3.8) is 0 Å². The van der Waals surface area contributed by atoms with E-state index in [1.807, 2.05) is 0 Å². The fourth-order valence-corrected chi connectivity index (χ4v) is 1.49. The van der Waals surface area contributed by atoms with Gasteiger partial charge in [0.2, 0.25) is 0 Å². The van der Waals surface area contributed by atoms with Crippen molar-refractivity contribution in [3.05, 3.63) is 0 Å².